The van der Waals surface area contributed by atoms with E-state index in [9.17, 15) is 5.11 Å². The van der Waals surface area contributed by atoms with Gasteiger partial charge in [-0.15, -0.1) is 0 Å². The highest BCUT2D eigenvalue weighted by Crippen LogP contribution is 2.24. The Kier molecular flexibility index (Phi) is 3.64. The molecule has 0 aliphatic carbocycles. The summed E-state index contributed by atoms with van der Waals surface area (Å²) in [4.78, 5) is 0. The van der Waals surface area contributed by atoms with Gasteiger partial charge >= 0.3 is 0 Å². The molecule has 2 heterocycles. The van der Waals surface area contributed by atoms with Crippen molar-refractivity contribution in [2.45, 2.75) is 39.8 Å². The number of nitrogens with zero attached hydrogens (tertiary/aromatic N) is 2. The summed E-state index contributed by atoms with van der Waals surface area (Å²) >= 11 is 1.64. The maximum absolute atomic E-state index is 10.2. The summed E-state index contributed by atoms with van der Waals surface area (Å²) in [6.45, 7) is 6.94. The Morgan fingerprint density at radius 1 is 1.41 bits per heavy atom. The van der Waals surface area contributed by atoms with Gasteiger partial charge in [0.25, 0.3) is 0 Å². The molecule has 0 aromatic carbocycles. The molecule has 0 radical (unpaired) electrons. The normalized spacial score (nSPS) is 12.9. The van der Waals surface area contributed by atoms with Crippen molar-refractivity contribution in [1.82, 2.24) is 9.78 Å². The third-order valence-corrected chi connectivity index (χ3v) is 3.82. The summed E-state index contributed by atoms with van der Waals surface area (Å²) in [5.74, 6) is 0. The Hall–Kier alpha value is -1.13. The van der Waals surface area contributed by atoms with Gasteiger partial charge in [0.2, 0.25) is 0 Å². The van der Waals surface area contributed by atoms with Crippen molar-refractivity contribution in [3.63, 3.8) is 0 Å². The zero-order valence-electron chi connectivity index (χ0n) is 10.5. The monoisotopic (exact) mass is 250 g/mol. The van der Waals surface area contributed by atoms with Crippen LogP contribution in [-0.2, 0) is 13.0 Å². The molecule has 0 saturated carbocycles. The van der Waals surface area contributed by atoms with E-state index < -0.39 is 6.10 Å². The maximum Gasteiger partial charge on any atom is 0.0855 e. The maximum atomic E-state index is 10.2. The lowest BCUT2D eigenvalue weighted by Crippen LogP contribution is -2.08. The molecule has 2 aromatic heterocycles. The molecule has 0 fully saturated rings. The molecule has 2 aromatic rings. The fourth-order valence-electron chi connectivity index (χ4n) is 2.06. The van der Waals surface area contributed by atoms with E-state index in [4.69, 9.17) is 0 Å². The highest BCUT2D eigenvalue weighted by atomic mass is 32.1. The second-order valence-electron chi connectivity index (χ2n) is 4.32. The molecular weight excluding hydrogens is 232 g/mol. The number of aryl methyl sites for hydroxylation is 3. The van der Waals surface area contributed by atoms with E-state index in [0.29, 0.717) is 6.42 Å². The summed E-state index contributed by atoms with van der Waals surface area (Å²) in [7, 11) is 0. The molecule has 17 heavy (non-hydrogen) atoms. The molecule has 2 rings (SSSR count). The summed E-state index contributed by atoms with van der Waals surface area (Å²) in [6, 6.07) is 2.05. The van der Waals surface area contributed by atoms with Crippen molar-refractivity contribution >= 4 is 11.3 Å². The topological polar surface area (TPSA) is 38.0 Å². The highest BCUT2D eigenvalue weighted by Gasteiger charge is 2.15. The fraction of sp³-hybridized carbons (Fsp3) is 0.462. The molecule has 1 atom stereocenters. The van der Waals surface area contributed by atoms with Crippen LogP contribution in [0.25, 0.3) is 0 Å². The van der Waals surface area contributed by atoms with E-state index in [1.807, 2.05) is 23.9 Å². The second-order valence-corrected chi connectivity index (χ2v) is 5.07. The molecule has 0 aliphatic heterocycles. The van der Waals surface area contributed by atoms with Crippen molar-refractivity contribution < 1.29 is 5.11 Å². The summed E-state index contributed by atoms with van der Waals surface area (Å²) in [5.41, 5.74) is 4.32. The van der Waals surface area contributed by atoms with E-state index in [0.717, 1.165) is 23.5 Å². The fourth-order valence-corrected chi connectivity index (χ4v) is 2.95. The third-order valence-electron chi connectivity index (χ3n) is 2.94. The van der Waals surface area contributed by atoms with Gasteiger partial charge in [-0.25, -0.2) is 0 Å². The van der Waals surface area contributed by atoms with Gasteiger partial charge in [-0.2, -0.15) is 16.4 Å². The standard InChI is InChI=1S/C13H18N2OS/c1-4-15-11(5-10(3)14-15)6-13(16)12-8-17-7-9(12)2/h5,7-8,13,16H,4,6H2,1-3H3. The molecule has 0 amide bonds. The number of hydrogen-bond donors (Lipinski definition) is 1. The van der Waals surface area contributed by atoms with Gasteiger partial charge in [-0.1, -0.05) is 0 Å². The lowest BCUT2D eigenvalue weighted by atomic mass is 10.0. The predicted octanol–water partition coefficient (Wildman–Crippen LogP) is 2.86. The minimum Gasteiger partial charge on any atom is -0.388 e. The first-order valence-corrected chi connectivity index (χ1v) is 6.80. The van der Waals surface area contributed by atoms with Crippen LogP contribution in [-0.4, -0.2) is 14.9 Å². The number of aromatic nitrogens is 2. The first kappa shape index (κ1) is 12.3. The zero-order valence-corrected chi connectivity index (χ0v) is 11.3. The molecular formula is C13H18N2OS. The van der Waals surface area contributed by atoms with Crippen molar-refractivity contribution in [3.05, 3.63) is 39.3 Å². The van der Waals surface area contributed by atoms with E-state index in [-0.39, 0.29) is 0 Å². The van der Waals surface area contributed by atoms with Crippen LogP contribution in [0.15, 0.2) is 16.8 Å². The third kappa shape index (κ3) is 2.58. The lowest BCUT2D eigenvalue weighted by Gasteiger charge is -2.11. The van der Waals surface area contributed by atoms with Gasteiger partial charge in [0, 0.05) is 18.7 Å². The highest BCUT2D eigenvalue weighted by molar-refractivity contribution is 7.08. The Morgan fingerprint density at radius 2 is 2.18 bits per heavy atom. The van der Waals surface area contributed by atoms with Crippen LogP contribution >= 0.6 is 11.3 Å². The first-order valence-electron chi connectivity index (χ1n) is 5.86. The van der Waals surface area contributed by atoms with Gasteiger partial charge in [0.1, 0.15) is 0 Å². The van der Waals surface area contributed by atoms with Crippen molar-refractivity contribution in [1.29, 1.82) is 0 Å². The van der Waals surface area contributed by atoms with Gasteiger partial charge in [0.05, 0.1) is 11.8 Å². The summed E-state index contributed by atoms with van der Waals surface area (Å²) in [6.07, 6.45) is 0.203. The molecule has 0 aliphatic rings. The second kappa shape index (κ2) is 5.02. The van der Waals surface area contributed by atoms with Crippen LogP contribution in [0.2, 0.25) is 0 Å². The van der Waals surface area contributed by atoms with Gasteiger partial charge in [0.15, 0.2) is 0 Å². The molecule has 3 nitrogen and oxygen atoms in total. The summed E-state index contributed by atoms with van der Waals surface area (Å²) < 4.78 is 1.96. The predicted molar refractivity (Wildman–Crippen MR) is 70.4 cm³/mol. The molecule has 4 heteroatoms. The first-order chi connectivity index (χ1) is 8.11. The number of rotatable bonds is 4. The molecule has 0 saturated heterocycles. The largest absolute Gasteiger partial charge is 0.388 e. The van der Waals surface area contributed by atoms with Gasteiger partial charge in [-0.3, -0.25) is 4.68 Å². The minimum absolute atomic E-state index is 0.428. The Morgan fingerprint density at radius 3 is 2.76 bits per heavy atom. The Bertz CT molecular complexity index is 501. The Balaban J connectivity index is 2.18. The van der Waals surface area contributed by atoms with Gasteiger partial charge < -0.3 is 5.11 Å². The van der Waals surface area contributed by atoms with Crippen LogP contribution in [0.4, 0.5) is 0 Å². The van der Waals surface area contributed by atoms with E-state index in [1.165, 1.54) is 5.56 Å². The quantitative estimate of drug-likeness (QED) is 0.906. The SMILES string of the molecule is CCn1nc(C)cc1CC(O)c1cscc1C. The van der Waals surface area contributed by atoms with Crippen LogP contribution in [0, 0.1) is 13.8 Å². The average molecular weight is 250 g/mol. The van der Waals surface area contributed by atoms with Crippen molar-refractivity contribution in [2.24, 2.45) is 0 Å². The molecule has 92 valence electrons. The molecule has 0 bridgehead atoms. The zero-order chi connectivity index (χ0) is 12.4. The number of hydrogen-bond acceptors (Lipinski definition) is 3. The van der Waals surface area contributed by atoms with Crippen LogP contribution in [0.1, 0.15) is 35.5 Å². The minimum atomic E-state index is -0.428. The molecule has 0 spiro atoms. The average Bonchev–Trinajstić information content (AvgIpc) is 2.84. The summed E-state index contributed by atoms with van der Waals surface area (Å²) in [5, 5.41) is 18.7. The number of aliphatic hydroxyl groups excluding tert-OH is 1. The van der Waals surface area contributed by atoms with Crippen molar-refractivity contribution in [2.75, 3.05) is 0 Å². The van der Waals surface area contributed by atoms with E-state index >= 15 is 0 Å². The van der Waals surface area contributed by atoms with E-state index in [1.54, 1.807) is 11.3 Å². The molecule has 1 N–H and O–H groups in total. The van der Waals surface area contributed by atoms with Crippen molar-refractivity contribution in [3.8, 4) is 0 Å². The number of aliphatic hydroxyl groups is 1. The molecule has 1 unspecified atom stereocenters. The lowest BCUT2D eigenvalue weighted by molar-refractivity contribution is 0.175. The van der Waals surface area contributed by atoms with E-state index in [2.05, 4.69) is 23.5 Å². The smallest absolute Gasteiger partial charge is 0.0855 e. The number of thiophene rings is 1. The Labute approximate surface area is 106 Å². The van der Waals surface area contributed by atoms with Crippen LogP contribution in [0.3, 0.4) is 0 Å². The van der Waals surface area contributed by atoms with Crippen LogP contribution < -0.4 is 0 Å². The van der Waals surface area contributed by atoms with Gasteiger partial charge in [-0.05, 0) is 48.7 Å². The van der Waals surface area contributed by atoms with Crippen LogP contribution in [0.5, 0.6) is 0 Å².